The minimum Gasteiger partial charge on any atom is -0.356 e. The molecule has 1 heterocycles. The zero-order chi connectivity index (χ0) is 15.1. The molecular weight excluding hydrogens is 309 g/mol. The molecule has 21 heavy (non-hydrogen) atoms. The number of guanidine groups is 1. The van der Waals surface area contributed by atoms with E-state index in [2.05, 4.69) is 15.6 Å². The summed E-state index contributed by atoms with van der Waals surface area (Å²) in [7, 11) is 1.71. The number of thiophene rings is 1. The third-order valence-corrected chi connectivity index (χ3v) is 4.16. The molecule has 0 aliphatic heterocycles. The van der Waals surface area contributed by atoms with E-state index in [9.17, 15) is 4.39 Å². The molecule has 1 aromatic heterocycles. The second-order valence-electron chi connectivity index (χ2n) is 4.44. The fraction of sp³-hybridized carbons (Fsp3) is 0.267. The Morgan fingerprint density at radius 3 is 2.81 bits per heavy atom. The van der Waals surface area contributed by atoms with Crippen LogP contribution >= 0.6 is 22.9 Å². The summed E-state index contributed by atoms with van der Waals surface area (Å²) in [6.45, 7) is 1.29. The monoisotopic (exact) mass is 325 g/mol. The maximum absolute atomic E-state index is 13.1. The molecule has 0 unspecified atom stereocenters. The highest BCUT2D eigenvalue weighted by Gasteiger charge is 2.01. The van der Waals surface area contributed by atoms with Crippen molar-refractivity contribution in [3.8, 4) is 0 Å². The Hall–Kier alpha value is -1.59. The van der Waals surface area contributed by atoms with Crippen LogP contribution in [-0.4, -0.2) is 19.6 Å². The first-order valence-corrected chi connectivity index (χ1v) is 7.80. The third kappa shape index (κ3) is 5.36. The molecule has 0 aliphatic carbocycles. The van der Waals surface area contributed by atoms with Crippen LogP contribution in [0, 0.1) is 5.82 Å². The SMILES string of the molecule is CN=C(NCCc1ccc(Cl)s1)NCc1cccc(F)c1. The number of benzene rings is 1. The summed E-state index contributed by atoms with van der Waals surface area (Å²) in [6, 6.07) is 10.4. The number of halogens is 2. The van der Waals surface area contributed by atoms with Crippen LogP contribution < -0.4 is 10.6 Å². The van der Waals surface area contributed by atoms with E-state index in [1.807, 2.05) is 18.2 Å². The maximum Gasteiger partial charge on any atom is 0.191 e. The molecule has 3 nitrogen and oxygen atoms in total. The third-order valence-electron chi connectivity index (χ3n) is 2.87. The lowest BCUT2D eigenvalue weighted by molar-refractivity contribution is 0.624. The molecular formula is C15H17ClFN3S. The second kappa shape index (κ2) is 8.00. The first-order chi connectivity index (χ1) is 10.2. The van der Waals surface area contributed by atoms with Crippen molar-refractivity contribution in [2.45, 2.75) is 13.0 Å². The summed E-state index contributed by atoms with van der Waals surface area (Å²) in [5.41, 5.74) is 0.878. The summed E-state index contributed by atoms with van der Waals surface area (Å²) in [5, 5.41) is 6.37. The topological polar surface area (TPSA) is 36.4 Å². The van der Waals surface area contributed by atoms with E-state index in [4.69, 9.17) is 11.6 Å². The summed E-state index contributed by atoms with van der Waals surface area (Å²) in [6.07, 6.45) is 0.887. The van der Waals surface area contributed by atoms with Gasteiger partial charge in [-0.1, -0.05) is 23.7 Å². The molecule has 2 rings (SSSR count). The highest BCUT2D eigenvalue weighted by Crippen LogP contribution is 2.21. The van der Waals surface area contributed by atoms with Crippen molar-refractivity contribution in [3.63, 3.8) is 0 Å². The van der Waals surface area contributed by atoms with Crippen molar-refractivity contribution in [3.05, 3.63) is 57.0 Å². The van der Waals surface area contributed by atoms with E-state index >= 15 is 0 Å². The molecule has 2 N–H and O–H groups in total. The van der Waals surface area contributed by atoms with Gasteiger partial charge in [-0.25, -0.2) is 4.39 Å². The molecule has 0 spiro atoms. The molecule has 0 aliphatic rings. The predicted octanol–water partition coefficient (Wildman–Crippen LogP) is 3.45. The molecule has 0 atom stereocenters. The lowest BCUT2D eigenvalue weighted by atomic mass is 10.2. The van der Waals surface area contributed by atoms with Crippen LogP contribution in [0.3, 0.4) is 0 Å². The average Bonchev–Trinajstić information content (AvgIpc) is 2.88. The molecule has 0 radical (unpaired) electrons. The van der Waals surface area contributed by atoms with E-state index in [0.717, 1.165) is 22.9 Å². The smallest absolute Gasteiger partial charge is 0.191 e. The van der Waals surface area contributed by atoms with E-state index < -0.39 is 0 Å². The zero-order valence-electron chi connectivity index (χ0n) is 11.7. The summed E-state index contributed by atoms with van der Waals surface area (Å²) < 4.78 is 13.9. The minimum absolute atomic E-state index is 0.230. The summed E-state index contributed by atoms with van der Waals surface area (Å²) >= 11 is 7.47. The molecule has 0 saturated carbocycles. The van der Waals surface area contributed by atoms with Crippen molar-refractivity contribution in [2.24, 2.45) is 4.99 Å². The van der Waals surface area contributed by atoms with Crippen LogP contribution in [0.15, 0.2) is 41.4 Å². The van der Waals surface area contributed by atoms with Crippen LogP contribution in [-0.2, 0) is 13.0 Å². The van der Waals surface area contributed by atoms with Crippen molar-refractivity contribution < 1.29 is 4.39 Å². The Kier molecular flexibility index (Phi) is 6.02. The molecule has 112 valence electrons. The van der Waals surface area contributed by atoms with Gasteiger partial charge in [0.15, 0.2) is 5.96 Å². The lowest BCUT2D eigenvalue weighted by Crippen LogP contribution is -2.37. The summed E-state index contributed by atoms with van der Waals surface area (Å²) in [5.74, 6) is 0.466. The minimum atomic E-state index is -0.230. The van der Waals surface area contributed by atoms with Crippen molar-refractivity contribution in [2.75, 3.05) is 13.6 Å². The predicted molar refractivity (Wildman–Crippen MR) is 87.6 cm³/mol. The van der Waals surface area contributed by atoms with Crippen molar-refractivity contribution >= 4 is 28.9 Å². The summed E-state index contributed by atoms with van der Waals surface area (Å²) in [4.78, 5) is 5.37. The molecule has 0 fully saturated rings. The zero-order valence-corrected chi connectivity index (χ0v) is 13.3. The van der Waals surface area contributed by atoms with Crippen LogP contribution in [0.5, 0.6) is 0 Å². The largest absolute Gasteiger partial charge is 0.356 e. The highest BCUT2D eigenvalue weighted by atomic mass is 35.5. The van der Waals surface area contributed by atoms with Gasteiger partial charge < -0.3 is 10.6 Å². The number of nitrogens with one attached hydrogen (secondary N) is 2. The van der Waals surface area contributed by atoms with Gasteiger partial charge >= 0.3 is 0 Å². The number of rotatable bonds is 5. The van der Waals surface area contributed by atoms with Gasteiger partial charge in [-0.3, -0.25) is 4.99 Å². The standard InChI is InChI=1S/C15H17ClFN3S/c1-18-15(19-8-7-13-5-6-14(16)21-13)20-10-11-3-2-4-12(17)9-11/h2-6,9H,7-8,10H2,1H3,(H2,18,19,20). The first-order valence-electron chi connectivity index (χ1n) is 6.60. The van der Waals surface area contributed by atoms with Gasteiger partial charge in [0.2, 0.25) is 0 Å². The average molecular weight is 326 g/mol. The van der Waals surface area contributed by atoms with Gasteiger partial charge in [-0.15, -0.1) is 11.3 Å². The molecule has 0 amide bonds. The first kappa shape index (κ1) is 15.8. The van der Waals surface area contributed by atoms with Gasteiger partial charge in [-0.2, -0.15) is 0 Å². The normalized spacial score (nSPS) is 11.5. The second-order valence-corrected chi connectivity index (χ2v) is 6.24. The number of aliphatic imine (C=N–C) groups is 1. The molecule has 1 aromatic carbocycles. The van der Waals surface area contributed by atoms with E-state index in [1.165, 1.54) is 17.0 Å². The Labute approximate surface area is 132 Å². The van der Waals surface area contributed by atoms with Gasteiger partial charge in [0.25, 0.3) is 0 Å². The van der Waals surface area contributed by atoms with Crippen LogP contribution in [0.1, 0.15) is 10.4 Å². The highest BCUT2D eigenvalue weighted by molar-refractivity contribution is 7.16. The molecule has 0 bridgehead atoms. The van der Waals surface area contributed by atoms with Crippen molar-refractivity contribution in [1.29, 1.82) is 0 Å². The molecule has 2 aromatic rings. The van der Waals surface area contributed by atoms with Gasteiger partial charge in [0, 0.05) is 25.0 Å². The Bertz CT molecular complexity index is 612. The van der Waals surface area contributed by atoms with E-state index in [-0.39, 0.29) is 5.82 Å². The van der Waals surface area contributed by atoms with Gasteiger partial charge in [0.05, 0.1) is 4.34 Å². The number of hydrogen-bond donors (Lipinski definition) is 2. The van der Waals surface area contributed by atoms with Gasteiger partial charge in [-0.05, 0) is 36.2 Å². The number of hydrogen-bond acceptors (Lipinski definition) is 2. The fourth-order valence-electron chi connectivity index (χ4n) is 1.84. The van der Waals surface area contributed by atoms with Crippen LogP contribution in [0.4, 0.5) is 4.39 Å². The van der Waals surface area contributed by atoms with Gasteiger partial charge in [0.1, 0.15) is 5.82 Å². The Balaban J connectivity index is 1.76. The van der Waals surface area contributed by atoms with Crippen molar-refractivity contribution in [1.82, 2.24) is 10.6 Å². The quantitative estimate of drug-likeness (QED) is 0.652. The van der Waals surface area contributed by atoms with Crippen LogP contribution in [0.25, 0.3) is 0 Å². The van der Waals surface area contributed by atoms with E-state index in [1.54, 1.807) is 24.5 Å². The lowest BCUT2D eigenvalue weighted by Gasteiger charge is -2.11. The molecule has 6 heteroatoms. The maximum atomic E-state index is 13.1. The fourth-order valence-corrected chi connectivity index (χ4v) is 2.93. The van der Waals surface area contributed by atoms with Crippen LogP contribution in [0.2, 0.25) is 4.34 Å². The Morgan fingerprint density at radius 2 is 2.14 bits per heavy atom. The number of nitrogens with zero attached hydrogens (tertiary/aromatic N) is 1. The Morgan fingerprint density at radius 1 is 1.29 bits per heavy atom. The van der Waals surface area contributed by atoms with E-state index in [0.29, 0.717) is 12.5 Å². The molecule has 0 saturated heterocycles.